The lowest BCUT2D eigenvalue weighted by Gasteiger charge is -2.14. The predicted octanol–water partition coefficient (Wildman–Crippen LogP) is 11.9. The summed E-state index contributed by atoms with van der Waals surface area (Å²) in [6.07, 6.45) is 61.4. The zero-order chi connectivity index (χ0) is 38.7. The molecule has 1 atom stereocenters. The van der Waals surface area contributed by atoms with Crippen molar-refractivity contribution in [3.05, 3.63) is 134 Å². The molecule has 0 saturated heterocycles. The Kier molecular flexibility index (Phi) is 36.9. The van der Waals surface area contributed by atoms with Gasteiger partial charge >= 0.3 is 5.97 Å². The van der Waals surface area contributed by atoms with E-state index < -0.39 is 12.0 Å². The molecule has 2 amide bonds. The van der Waals surface area contributed by atoms with Crippen molar-refractivity contribution in [3.8, 4) is 0 Å². The van der Waals surface area contributed by atoms with Gasteiger partial charge in [0.05, 0.1) is 0 Å². The first kappa shape index (κ1) is 48.5. The fraction of sp³-hybridized carbons (Fsp3) is 0.468. The Morgan fingerprint density at radius 1 is 0.453 bits per heavy atom. The minimum absolute atomic E-state index is 0.0597. The highest BCUT2D eigenvalue weighted by atomic mass is 16.4. The lowest BCUT2D eigenvalue weighted by molar-refractivity contribution is -0.142. The first-order chi connectivity index (χ1) is 26.0. The van der Waals surface area contributed by atoms with Gasteiger partial charge in [0, 0.05) is 19.4 Å². The summed E-state index contributed by atoms with van der Waals surface area (Å²) >= 11 is 0. The number of carboxylic acid groups (broad SMARTS) is 1. The van der Waals surface area contributed by atoms with E-state index in [1.165, 1.54) is 0 Å². The number of allylic oxidation sites excluding steroid dienone is 22. The van der Waals surface area contributed by atoms with Gasteiger partial charge in [-0.2, -0.15) is 0 Å². The molecule has 0 aliphatic carbocycles. The van der Waals surface area contributed by atoms with Crippen molar-refractivity contribution in [1.82, 2.24) is 10.6 Å². The summed E-state index contributed by atoms with van der Waals surface area (Å²) in [7, 11) is 0. The highest BCUT2D eigenvalue weighted by Gasteiger charge is 2.19. The number of rotatable bonds is 33. The van der Waals surface area contributed by atoms with Crippen molar-refractivity contribution in [2.75, 3.05) is 6.54 Å². The summed E-state index contributed by atoms with van der Waals surface area (Å²) in [4.78, 5) is 36.1. The molecular weight excluding hydrogens is 657 g/mol. The molecule has 0 aromatic rings. The molecule has 0 radical (unpaired) electrons. The summed E-state index contributed by atoms with van der Waals surface area (Å²) in [6, 6.07) is -0.952. The van der Waals surface area contributed by atoms with Crippen LogP contribution in [0.2, 0.25) is 0 Å². The van der Waals surface area contributed by atoms with E-state index in [4.69, 9.17) is 0 Å². The van der Waals surface area contributed by atoms with Gasteiger partial charge in [0.15, 0.2) is 0 Å². The van der Waals surface area contributed by atoms with Crippen molar-refractivity contribution < 1.29 is 19.5 Å². The number of hydrogen-bond acceptors (Lipinski definition) is 3. The maximum absolute atomic E-state index is 12.3. The molecule has 53 heavy (non-hydrogen) atoms. The Labute approximate surface area is 322 Å². The van der Waals surface area contributed by atoms with Crippen molar-refractivity contribution >= 4 is 17.8 Å². The summed E-state index contributed by atoms with van der Waals surface area (Å²) in [5, 5.41) is 15.0. The summed E-state index contributed by atoms with van der Waals surface area (Å²) < 4.78 is 0. The molecule has 292 valence electrons. The smallest absolute Gasteiger partial charge is 0.326 e. The lowest BCUT2D eigenvalue weighted by atomic mass is 10.1. The molecule has 6 nitrogen and oxygen atoms in total. The van der Waals surface area contributed by atoms with Crippen molar-refractivity contribution in [3.63, 3.8) is 0 Å². The molecule has 0 aromatic heterocycles. The van der Waals surface area contributed by atoms with E-state index in [-0.39, 0.29) is 24.7 Å². The fourth-order valence-corrected chi connectivity index (χ4v) is 4.75. The lowest BCUT2D eigenvalue weighted by Crippen LogP contribution is -2.41. The Morgan fingerprint density at radius 3 is 1.19 bits per heavy atom. The third kappa shape index (κ3) is 38.6. The van der Waals surface area contributed by atoms with E-state index in [1.807, 2.05) is 6.08 Å². The van der Waals surface area contributed by atoms with Gasteiger partial charge in [0.2, 0.25) is 11.8 Å². The van der Waals surface area contributed by atoms with Gasteiger partial charge in [-0.3, -0.25) is 9.59 Å². The molecule has 6 heteroatoms. The van der Waals surface area contributed by atoms with Crippen LogP contribution in [0.4, 0.5) is 0 Å². The minimum atomic E-state index is -1.06. The maximum atomic E-state index is 12.3. The second-order valence-corrected chi connectivity index (χ2v) is 12.5. The Bertz CT molecular complexity index is 1260. The highest BCUT2D eigenvalue weighted by Crippen LogP contribution is 2.04. The molecule has 0 heterocycles. The van der Waals surface area contributed by atoms with Gasteiger partial charge in [-0.05, 0) is 103 Å². The summed E-state index contributed by atoms with van der Waals surface area (Å²) in [5.41, 5.74) is 0. The van der Waals surface area contributed by atoms with Crippen LogP contribution >= 0.6 is 0 Å². The van der Waals surface area contributed by atoms with Crippen LogP contribution in [0.15, 0.2) is 134 Å². The van der Waals surface area contributed by atoms with Crippen LogP contribution in [0.25, 0.3) is 0 Å². The molecule has 0 bridgehead atoms. The average Bonchev–Trinajstić information content (AvgIpc) is 3.15. The van der Waals surface area contributed by atoms with Crippen LogP contribution in [0, 0.1) is 0 Å². The SMILES string of the molecule is CCC=CCC=CCC=CCC=CCC=CCC=CCCC(=O)NCCC[C@H](NC(=O)CCCC=CCC=CCC=CCC=CCC=CCC)C(=O)O. The molecule has 0 unspecified atom stereocenters. The molecule has 0 saturated carbocycles. The standard InChI is InChI=1S/C47H70N2O4/c1-3-5-7-9-11-13-15-17-19-21-22-24-25-27-29-31-33-35-37-41-45(50)48-43-39-40-44(47(52)53)49-46(51)42-38-36-34-32-30-28-26-23-20-18-16-14-12-10-8-6-4-2/h5-8,11-14,17-20,22,24,26-29,32-35,44H,3-4,9-10,15-16,21,23,25,30-31,36-43H2,1-2H3,(H,48,50)(H,49,51)(H,52,53)/t44-/m0/s1. The average molecular weight is 727 g/mol. The topological polar surface area (TPSA) is 95.5 Å². The van der Waals surface area contributed by atoms with E-state index in [9.17, 15) is 19.5 Å². The Morgan fingerprint density at radius 2 is 0.811 bits per heavy atom. The summed E-state index contributed by atoms with van der Waals surface area (Å²) in [6.45, 7) is 4.66. The molecule has 0 fully saturated rings. The second-order valence-electron chi connectivity index (χ2n) is 12.5. The normalized spacial score (nSPS) is 13.5. The van der Waals surface area contributed by atoms with E-state index in [1.54, 1.807) is 0 Å². The zero-order valence-corrected chi connectivity index (χ0v) is 32.9. The van der Waals surface area contributed by atoms with Crippen LogP contribution in [0.1, 0.15) is 129 Å². The predicted molar refractivity (Wildman–Crippen MR) is 228 cm³/mol. The van der Waals surface area contributed by atoms with Crippen LogP contribution in [0.5, 0.6) is 0 Å². The van der Waals surface area contributed by atoms with Gasteiger partial charge < -0.3 is 15.7 Å². The van der Waals surface area contributed by atoms with E-state index >= 15 is 0 Å². The molecule has 0 rings (SSSR count). The quantitative estimate of drug-likeness (QED) is 0.0463. The number of hydrogen-bond donors (Lipinski definition) is 3. The molecule has 3 N–H and O–H groups in total. The van der Waals surface area contributed by atoms with Crippen molar-refractivity contribution in [2.24, 2.45) is 0 Å². The third-order valence-electron chi connectivity index (χ3n) is 7.69. The zero-order valence-electron chi connectivity index (χ0n) is 32.9. The van der Waals surface area contributed by atoms with Gasteiger partial charge in [0.25, 0.3) is 0 Å². The highest BCUT2D eigenvalue weighted by molar-refractivity contribution is 5.83. The maximum Gasteiger partial charge on any atom is 0.326 e. The third-order valence-corrected chi connectivity index (χ3v) is 7.69. The monoisotopic (exact) mass is 727 g/mol. The van der Waals surface area contributed by atoms with Crippen LogP contribution in [-0.4, -0.2) is 35.5 Å². The molecule has 0 aromatic carbocycles. The minimum Gasteiger partial charge on any atom is -0.480 e. The second kappa shape index (κ2) is 40.3. The van der Waals surface area contributed by atoms with Gasteiger partial charge in [-0.15, -0.1) is 0 Å². The number of carbonyl (C=O) groups is 3. The van der Waals surface area contributed by atoms with Gasteiger partial charge in [-0.25, -0.2) is 4.79 Å². The van der Waals surface area contributed by atoms with E-state index in [0.29, 0.717) is 32.2 Å². The first-order valence-electron chi connectivity index (χ1n) is 19.9. The van der Waals surface area contributed by atoms with Crippen molar-refractivity contribution in [1.29, 1.82) is 0 Å². The molecule has 0 aliphatic rings. The van der Waals surface area contributed by atoms with Crippen LogP contribution < -0.4 is 10.6 Å². The molecule has 0 spiro atoms. The number of carboxylic acids is 1. The Hall–Kier alpha value is -4.45. The Balaban J connectivity index is 3.91. The van der Waals surface area contributed by atoms with Crippen LogP contribution in [-0.2, 0) is 14.4 Å². The number of carbonyl (C=O) groups excluding carboxylic acids is 2. The number of aliphatic carboxylic acids is 1. The fourth-order valence-electron chi connectivity index (χ4n) is 4.75. The van der Waals surface area contributed by atoms with E-state index in [2.05, 4.69) is 152 Å². The van der Waals surface area contributed by atoms with Crippen LogP contribution in [0.3, 0.4) is 0 Å². The van der Waals surface area contributed by atoms with Gasteiger partial charge in [0.1, 0.15) is 6.04 Å². The van der Waals surface area contributed by atoms with Gasteiger partial charge in [-0.1, -0.05) is 148 Å². The first-order valence-corrected chi connectivity index (χ1v) is 19.9. The number of nitrogens with one attached hydrogen (secondary N) is 2. The number of unbranched alkanes of at least 4 members (excludes halogenated alkanes) is 1. The summed E-state index contributed by atoms with van der Waals surface area (Å²) in [5.74, 6) is -1.37. The molecule has 0 aliphatic heterocycles. The molecular formula is C47H70N2O4. The van der Waals surface area contributed by atoms with Crippen molar-refractivity contribution in [2.45, 2.75) is 135 Å². The van der Waals surface area contributed by atoms with E-state index in [0.717, 1.165) is 77.0 Å². The largest absolute Gasteiger partial charge is 0.480 e. The number of amides is 2.